The fraction of sp³-hybridized carbons (Fsp3) is 0.214. The van der Waals surface area contributed by atoms with Gasteiger partial charge >= 0.3 is 5.97 Å². The van der Waals surface area contributed by atoms with Crippen molar-refractivity contribution >= 4 is 57.9 Å². The minimum absolute atomic E-state index is 0.226. The van der Waals surface area contributed by atoms with Gasteiger partial charge in [0.2, 0.25) is 0 Å². The van der Waals surface area contributed by atoms with E-state index in [-0.39, 0.29) is 4.32 Å². The van der Waals surface area contributed by atoms with Gasteiger partial charge in [0.1, 0.15) is 16.6 Å². The molecule has 0 unspecified atom stereocenters. The summed E-state index contributed by atoms with van der Waals surface area (Å²) in [6, 6.07) is 3.47. The van der Waals surface area contributed by atoms with Crippen LogP contribution in [0.5, 0.6) is 5.75 Å². The fourth-order valence-electron chi connectivity index (χ4n) is 1.89. The Morgan fingerprint density at radius 3 is 2.82 bits per heavy atom. The number of thioether (sulfide) groups is 1. The number of hydrogen-bond acceptors (Lipinski definition) is 5. The quantitative estimate of drug-likeness (QED) is 0.660. The molecule has 0 bridgehead atoms. The Hall–Kier alpha value is -1.57. The number of methoxy groups -OCH3 is 1. The topological polar surface area (TPSA) is 66.8 Å². The highest BCUT2D eigenvalue weighted by atomic mass is 35.5. The predicted molar refractivity (Wildman–Crippen MR) is 90.3 cm³/mol. The Balaban J connectivity index is 2.34. The average molecular weight is 358 g/mol. The first-order chi connectivity index (χ1) is 10.3. The van der Waals surface area contributed by atoms with Crippen LogP contribution in [0.4, 0.5) is 0 Å². The minimum atomic E-state index is -1.11. The van der Waals surface area contributed by atoms with Gasteiger partial charge in [0.15, 0.2) is 0 Å². The second-order valence-corrected chi connectivity index (χ2v) is 6.57. The van der Waals surface area contributed by atoms with E-state index in [4.69, 9.17) is 33.7 Å². The molecule has 0 aliphatic carbocycles. The Morgan fingerprint density at radius 1 is 1.55 bits per heavy atom. The lowest BCUT2D eigenvalue weighted by Crippen LogP contribution is -2.33. The summed E-state index contributed by atoms with van der Waals surface area (Å²) in [6.45, 7) is 1.39. The number of carbonyl (C=O) groups is 2. The lowest BCUT2D eigenvalue weighted by molar-refractivity contribution is -0.140. The molecular weight excluding hydrogens is 346 g/mol. The summed E-state index contributed by atoms with van der Waals surface area (Å²) in [4.78, 5) is 24.4. The van der Waals surface area contributed by atoms with E-state index in [1.54, 1.807) is 18.2 Å². The molecule has 1 aromatic rings. The summed E-state index contributed by atoms with van der Waals surface area (Å²) < 4.78 is 5.46. The summed E-state index contributed by atoms with van der Waals surface area (Å²) in [5.74, 6) is -0.926. The molecule has 0 saturated carbocycles. The van der Waals surface area contributed by atoms with E-state index >= 15 is 0 Å². The van der Waals surface area contributed by atoms with E-state index in [0.29, 0.717) is 21.2 Å². The van der Waals surface area contributed by atoms with E-state index in [1.165, 1.54) is 7.11 Å². The van der Waals surface area contributed by atoms with Gasteiger partial charge in [-0.2, -0.15) is 0 Å². The molecule has 1 N–H and O–H groups in total. The number of rotatable bonds is 4. The summed E-state index contributed by atoms with van der Waals surface area (Å²) >= 11 is 12.2. The van der Waals surface area contributed by atoms with Crippen LogP contribution in [0.2, 0.25) is 5.02 Å². The van der Waals surface area contributed by atoms with Crippen LogP contribution in [0.3, 0.4) is 0 Å². The largest absolute Gasteiger partial charge is 0.496 e. The molecule has 2 rings (SSSR count). The number of carboxylic acids is 1. The molecule has 1 aliphatic rings. The first-order valence-corrected chi connectivity index (χ1v) is 7.75. The lowest BCUT2D eigenvalue weighted by Gasteiger charge is -2.10. The number of carbonyl (C=O) groups excluding carboxylic acids is 1. The van der Waals surface area contributed by atoms with Crippen molar-refractivity contribution in [1.82, 2.24) is 4.90 Å². The smallest absolute Gasteiger partial charge is 0.323 e. The number of amides is 1. The molecule has 5 nitrogen and oxygen atoms in total. The third-order valence-corrected chi connectivity index (χ3v) is 4.77. The summed E-state index contributed by atoms with van der Waals surface area (Å²) in [7, 11) is 1.54. The third kappa shape index (κ3) is 3.43. The molecule has 1 heterocycles. The van der Waals surface area contributed by atoms with Gasteiger partial charge in [-0.1, -0.05) is 35.6 Å². The van der Waals surface area contributed by atoms with Crippen LogP contribution in [0, 0.1) is 6.92 Å². The lowest BCUT2D eigenvalue weighted by atomic mass is 10.1. The molecule has 1 fully saturated rings. The highest BCUT2D eigenvalue weighted by Gasteiger charge is 2.33. The Bertz CT molecular complexity index is 702. The molecule has 1 amide bonds. The van der Waals surface area contributed by atoms with Gasteiger partial charge < -0.3 is 9.84 Å². The van der Waals surface area contributed by atoms with Gasteiger partial charge in [-0.3, -0.25) is 14.5 Å². The molecule has 116 valence electrons. The molecule has 1 aliphatic heterocycles. The maximum Gasteiger partial charge on any atom is 0.323 e. The van der Waals surface area contributed by atoms with Crippen molar-refractivity contribution in [3.05, 3.63) is 33.2 Å². The van der Waals surface area contributed by atoms with E-state index in [2.05, 4.69) is 0 Å². The molecule has 1 saturated heterocycles. The van der Waals surface area contributed by atoms with Crippen LogP contribution in [-0.4, -0.2) is 39.9 Å². The first kappa shape index (κ1) is 16.8. The summed E-state index contributed by atoms with van der Waals surface area (Å²) in [6.07, 6.45) is 1.62. The first-order valence-electron chi connectivity index (χ1n) is 6.14. The van der Waals surface area contributed by atoms with Crippen LogP contribution in [0.15, 0.2) is 17.0 Å². The molecular formula is C14H12ClNO4S2. The van der Waals surface area contributed by atoms with Gasteiger partial charge in [-0.15, -0.1) is 0 Å². The maximum absolute atomic E-state index is 12.2. The number of aliphatic carboxylic acids is 1. The Morgan fingerprint density at radius 2 is 2.23 bits per heavy atom. The second kappa shape index (κ2) is 6.68. The van der Waals surface area contributed by atoms with Crippen LogP contribution in [-0.2, 0) is 9.59 Å². The average Bonchev–Trinajstić information content (AvgIpc) is 2.70. The van der Waals surface area contributed by atoms with Crippen molar-refractivity contribution < 1.29 is 19.4 Å². The maximum atomic E-state index is 12.2. The van der Waals surface area contributed by atoms with Gasteiger partial charge in [0.05, 0.1) is 12.0 Å². The second-order valence-electron chi connectivity index (χ2n) is 4.49. The predicted octanol–water partition coefficient (Wildman–Crippen LogP) is 2.94. The summed E-state index contributed by atoms with van der Waals surface area (Å²) in [5, 5.41) is 9.32. The van der Waals surface area contributed by atoms with Crippen molar-refractivity contribution in [2.45, 2.75) is 6.92 Å². The van der Waals surface area contributed by atoms with Crippen LogP contribution >= 0.6 is 35.6 Å². The highest BCUT2D eigenvalue weighted by Crippen LogP contribution is 2.34. The van der Waals surface area contributed by atoms with Crippen LogP contribution in [0.25, 0.3) is 6.08 Å². The number of carboxylic acid groups (broad SMARTS) is 1. The van der Waals surface area contributed by atoms with E-state index < -0.39 is 18.4 Å². The zero-order valence-corrected chi connectivity index (χ0v) is 14.1. The normalized spacial score (nSPS) is 16.5. The van der Waals surface area contributed by atoms with Crippen molar-refractivity contribution in [3.8, 4) is 5.75 Å². The van der Waals surface area contributed by atoms with Gasteiger partial charge in [-0.05, 0) is 30.7 Å². The van der Waals surface area contributed by atoms with Crippen molar-refractivity contribution in [2.75, 3.05) is 13.7 Å². The van der Waals surface area contributed by atoms with Crippen LogP contribution < -0.4 is 4.74 Å². The molecule has 1 aromatic carbocycles. The van der Waals surface area contributed by atoms with Gasteiger partial charge in [-0.25, -0.2) is 0 Å². The number of hydrogen-bond donors (Lipinski definition) is 1. The van der Waals surface area contributed by atoms with Gasteiger partial charge in [0, 0.05) is 10.6 Å². The molecule has 0 radical (unpaired) electrons. The molecule has 0 atom stereocenters. The van der Waals surface area contributed by atoms with Crippen LogP contribution in [0.1, 0.15) is 11.1 Å². The standard InChI is InChI=1S/C14H12ClNO4S2/c1-7-9(15)3-8(4-10(7)20-2)5-11-13(19)16(6-12(17)18)14(21)22-11/h3-5H,6H2,1-2H3,(H,17,18)/b11-5+. The zero-order valence-electron chi connectivity index (χ0n) is 11.8. The fourth-order valence-corrected chi connectivity index (χ4v) is 3.37. The van der Waals surface area contributed by atoms with Gasteiger partial charge in [0.25, 0.3) is 5.91 Å². The number of ether oxygens (including phenoxy) is 1. The number of benzene rings is 1. The van der Waals surface area contributed by atoms with Crippen molar-refractivity contribution in [1.29, 1.82) is 0 Å². The summed E-state index contributed by atoms with van der Waals surface area (Å²) in [5.41, 5.74) is 1.49. The zero-order chi connectivity index (χ0) is 16.4. The van der Waals surface area contributed by atoms with Crippen molar-refractivity contribution in [2.24, 2.45) is 0 Å². The number of halogens is 1. The monoisotopic (exact) mass is 357 g/mol. The third-order valence-electron chi connectivity index (χ3n) is 3.00. The molecule has 8 heteroatoms. The van der Waals surface area contributed by atoms with E-state index in [9.17, 15) is 9.59 Å². The Kier molecular flexibility index (Phi) is 5.10. The SMILES string of the molecule is COc1cc(/C=C2/SC(=S)N(CC(=O)O)C2=O)cc(Cl)c1C. The number of thiocarbonyl (C=S) groups is 1. The molecule has 22 heavy (non-hydrogen) atoms. The van der Waals surface area contributed by atoms with E-state index in [0.717, 1.165) is 22.2 Å². The van der Waals surface area contributed by atoms with E-state index in [1.807, 2.05) is 6.92 Å². The molecule has 0 spiro atoms. The Labute approximate surface area is 141 Å². The molecule has 0 aromatic heterocycles. The highest BCUT2D eigenvalue weighted by molar-refractivity contribution is 8.26. The number of nitrogens with zero attached hydrogens (tertiary/aromatic N) is 1. The van der Waals surface area contributed by atoms with Crippen molar-refractivity contribution in [3.63, 3.8) is 0 Å². The minimum Gasteiger partial charge on any atom is -0.496 e.